The van der Waals surface area contributed by atoms with Gasteiger partial charge in [0.15, 0.2) is 0 Å². The second kappa shape index (κ2) is 7.38. The fourth-order valence-corrected chi connectivity index (χ4v) is 4.39. The SMILES string of the molecule is O=c1cc(N2C[C@@H]3C[C@H]2CO3)nc2n1CCC(C(F)(F)F)N2CC(O)(C(F)(F)F)C(F)(F)F. The minimum atomic E-state index is -6.35. The van der Waals surface area contributed by atoms with Gasteiger partial charge in [0.25, 0.3) is 11.2 Å². The molecule has 33 heavy (non-hydrogen) atoms. The zero-order valence-electron chi connectivity index (χ0n) is 16.5. The second-order valence-corrected chi connectivity index (χ2v) is 8.23. The highest BCUT2D eigenvalue weighted by molar-refractivity contribution is 5.49. The molecule has 1 aromatic rings. The van der Waals surface area contributed by atoms with E-state index in [2.05, 4.69) is 4.98 Å². The topological polar surface area (TPSA) is 70.8 Å². The highest BCUT2D eigenvalue weighted by Crippen LogP contribution is 2.46. The number of aliphatic hydroxyl groups is 1. The zero-order valence-corrected chi connectivity index (χ0v) is 16.5. The fraction of sp³-hybridized carbons (Fsp3) is 0.765. The van der Waals surface area contributed by atoms with Crippen molar-refractivity contribution in [2.45, 2.75) is 61.7 Å². The summed E-state index contributed by atoms with van der Waals surface area (Å²) >= 11 is 0. The number of aromatic nitrogens is 2. The number of anilines is 2. The third-order valence-electron chi connectivity index (χ3n) is 6.14. The van der Waals surface area contributed by atoms with Crippen LogP contribution in [0.4, 0.5) is 51.3 Å². The molecule has 7 nitrogen and oxygen atoms in total. The predicted octanol–water partition coefficient (Wildman–Crippen LogP) is 2.22. The Kier molecular flexibility index (Phi) is 5.35. The van der Waals surface area contributed by atoms with Gasteiger partial charge in [0.05, 0.1) is 25.3 Å². The maximum atomic E-state index is 13.7. The van der Waals surface area contributed by atoms with E-state index in [1.54, 1.807) is 0 Å². The lowest BCUT2D eigenvalue weighted by atomic mass is 9.99. The molecule has 0 aromatic carbocycles. The van der Waals surface area contributed by atoms with Crippen LogP contribution in [0.15, 0.2) is 10.9 Å². The molecule has 0 aliphatic carbocycles. The van der Waals surface area contributed by atoms with Crippen LogP contribution in [0.3, 0.4) is 0 Å². The molecule has 3 aliphatic heterocycles. The summed E-state index contributed by atoms with van der Waals surface area (Å²) in [4.78, 5) is 17.6. The number of halogens is 9. The molecule has 3 atom stereocenters. The Bertz CT molecular complexity index is 960. The molecule has 2 saturated heterocycles. The molecule has 4 rings (SSSR count). The molecule has 0 amide bonds. The highest BCUT2D eigenvalue weighted by atomic mass is 19.4. The lowest BCUT2D eigenvalue weighted by Gasteiger charge is -2.44. The molecule has 4 heterocycles. The van der Waals surface area contributed by atoms with Gasteiger partial charge in [0, 0.05) is 19.2 Å². The number of hydrogen-bond donors (Lipinski definition) is 1. The van der Waals surface area contributed by atoms with Crippen LogP contribution in [0.5, 0.6) is 0 Å². The van der Waals surface area contributed by atoms with Gasteiger partial charge in [-0.3, -0.25) is 9.36 Å². The van der Waals surface area contributed by atoms with E-state index in [0.717, 1.165) is 6.07 Å². The van der Waals surface area contributed by atoms with Crippen LogP contribution in [0.2, 0.25) is 0 Å². The van der Waals surface area contributed by atoms with Gasteiger partial charge in [-0.15, -0.1) is 0 Å². The summed E-state index contributed by atoms with van der Waals surface area (Å²) in [5, 5.41) is 9.58. The Hall–Kier alpha value is -2.23. The van der Waals surface area contributed by atoms with Gasteiger partial charge >= 0.3 is 18.5 Å². The van der Waals surface area contributed by atoms with E-state index in [-0.39, 0.29) is 36.0 Å². The second-order valence-electron chi connectivity index (χ2n) is 8.23. The number of nitrogens with zero attached hydrogens (tertiary/aromatic N) is 4. The van der Waals surface area contributed by atoms with E-state index >= 15 is 0 Å². The number of morpholine rings is 1. The van der Waals surface area contributed by atoms with Crippen LogP contribution in [-0.2, 0) is 11.3 Å². The quantitative estimate of drug-likeness (QED) is 0.648. The average Bonchev–Trinajstić information content (AvgIpc) is 3.29. The minimum Gasteiger partial charge on any atom is -0.374 e. The van der Waals surface area contributed by atoms with Crippen LogP contribution in [0.25, 0.3) is 0 Å². The standard InChI is InChI=1S/C17H17F9N4O3/c18-15(19,20)10-1-2-28-12(31)4-11(29-5-9-3-8(29)6-33-9)27-13(28)30(10)7-14(32,16(21,22)23)17(24,25)26/h4,8-10,32H,1-3,5-7H2/t8-,9-,10?/m0/s1. The average molecular weight is 496 g/mol. The smallest absolute Gasteiger partial charge is 0.374 e. The summed E-state index contributed by atoms with van der Waals surface area (Å²) in [6.07, 6.45) is -18.7. The Morgan fingerprint density at radius 3 is 2.21 bits per heavy atom. The largest absolute Gasteiger partial charge is 0.428 e. The maximum Gasteiger partial charge on any atom is 0.428 e. The van der Waals surface area contributed by atoms with Crippen molar-refractivity contribution in [1.29, 1.82) is 0 Å². The molecule has 16 heteroatoms. The summed E-state index contributed by atoms with van der Waals surface area (Å²) in [7, 11) is 0. The van der Waals surface area contributed by atoms with Crippen molar-refractivity contribution in [3.8, 4) is 0 Å². The van der Waals surface area contributed by atoms with Crippen LogP contribution < -0.4 is 15.4 Å². The van der Waals surface area contributed by atoms with Gasteiger partial charge in [0.2, 0.25) is 5.95 Å². The van der Waals surface area contributed by atoms with E-state index in [1.807, 2.05) is 0 Å². The Balaban J connectivity index is 1.83. The molecule has 3 aliphatic rings. The van der Waals surface area contributed by atoms with E-state index < -0.39 is 61.2 Å². The summed E-state index contributed by atoms with van der Waals surface area (Å²) in [5.74, 6) is -1.21. The third-order valence-corrected chi connectivity index (χ3v) is 6.14. The number of rotatable bonds is 3. The van der Waals surface area contributed by atoms with Gasteiger partial charge in [0.1, 0.15) is 11.9 Å². The van der Waals surface area contributed by atoms with Crippen molar-refractivity contribution in [3.63, 3.8) is 0 Å². The summed E-state index contributed by atoms with van der Waals surface area (Å²) in [5.41, 5.74) is -6.44. The number of alkyl halides is 9. The molecular weight excluding hydrogens is 479 g/mol. The van der Waals surface area contributed by atoms with Crippen LogP contribution in [0, 0.1) is 0 Å². The molecule has 1 unspecified atom stereocenters. The molecule has 0 spiro atoms. The molecule has 1 aromatic heterocycles. The van der Waals surface area contributed by atoms with Gasteiger partial charge in [-0.25, -0.2) is 0 Å². The molecule has 0 saturated carbocycles. The highest BCUT2D eigenvalue weighted by Gasteiger charge is 2.72. The zero-order chi connectivity index (χ0) is 24.6. The monoisotopic (exact) mass is 496 g/mol. The first-order valence-electron chi connectivity index (χ1n) is 9.72. The molecule has 186 valence electrons. The number of ether oxygens (including phenoxy) is 1. The van der Waals surface area contributed by atoms with E-state index in [0.29, 0.717) is 11.0 Å². The number of hydrogen-bond acceptors (Lipinski definition) is 6. The minimum absolute atomic E-state index is 0.183. The molecule has 2 fully saturated rings. The van der Waals surface area contributed by atoms with E-state index in [9.17, 15) is 49.4 Å². The van der Waals surface area contributed by atoms with Crippen molar-refractivity contribution in [2.24, 2.45) is 0 Å². The van der Waals surface area contributed by atoms with Crippen molar-refractivity contribution in [3.05, 3.63) is 16.4 Å². The van der Waals surface area contributed by atoms with Crippen molar-refractivity contribution in [2.75, 3.05) is 29.5 Å². The molecule has 0 radical (unpaired) electrons. The summed E-state index contributed by atoms with van der Waals surface area (Å²) in [6, 6.07) is -2.16. The van der Waals surface area contributed by atoms with Gasteiger partial charge in [-0.2, -0.15) is 44.5 Å². The number of fused-ring (bicyclic) bond motifs is 3. The van der Waals surface area contributed by atoms with Crippen LogP contribution in [0.1, 0.15) is 12.8 Å². The Labute approximate surface area is 179 Å². The lowest BCUT2D eigenvalue weighted by Crippen LogP contribution is -2.66. The molecular formula is C17H17F9N4O3. The Morgan fingerprint density at radius 2 is 1.73 bits per heavy atom. The van der Waals surface area contributed by atoms with Crippen molar-refractivity contribution in [1.82, 2.24) is 9.55 Å². The van der Waals surface area contributed by atoms with Crippen molar-refractivity contribution < 1.29 is 49.4 Å². The van der Waals surface area contributed by atoms with Gasteiger partial charge in [-0.1, -0.05) is 0 Å². The molecule has 2 bridgehead atoms. The fourth-order valence-electron chi connectivity index (χ4n) is 4.39. The summed E-state index contributed by atoms with van der Waals surface area (Å²) in [6.45, 7) is -2.75. The van der Waals surface area contributed by atoms with Gasteiger partial charge in [-0.05, 0) is 12.8 Å². The van der Waals surface area contributed by atoms with Crippen LogP contribution in [-0.4, -0.2) is 76.7 Å². The normalized spacial score (nSPS) is 26.2. The lowest BCUT2D eigenvalue weighted by molar-refractivity contribution is -0.364. The first-order valence-corrected chi connectivity index (χ1v) is 9.72. The summed E-state index contributed by atoms with van der Waals surface area (Å²) < 4.78 is 127. The number of β-amino-alcohol motifs (C(OH)–C–C–N with tert-alkyl or cyclic N) is 1. The van der Waals surface area contributed by atoms with Crippen molar-refractivity contribution >= 4 is 11.8 Å². The molecule has 1 N–H and O–H groups in total. The van der Waals surface area contributed by atoms with Crippen LogP contribution >= 0.6 is 0 Å². The van der Waals surface area contributed by atoms with E-state index in [4.69, 9.17) is 4.74 Å². The first-order chi connectivity index (χ1) is 15.0. The van der Waals surface area contributed by atoms with E-state index in [1.165, 1.54) is 4.90 Å². The predicted molar refractivity (Wildman–Crippen MR) is 92.9 cm³/mol. The third kappa shape index (κ3) is 3.90. The van der Waals surface area contributed by atoms with Gasteiger partial charge < -0.3 is 19.6 Å². The maximum absolute atomic E-state index is 13.7. The first kappa shape index (κ1) is 23.9. The Morgan fingerprint density at radius 1 is 1.09 bits per heavy atom.